The molecule has 1 N–H and O–H groups in total. The van der Waals surface area contributed by atoms with Crippen molar-refractivity contribution in [2.45, 2.75) is 38.5 Å². The molecule has 0 rings (SSSR count). The SMILES string of the molecule is CC(C)(O)C(C)(C)PO[N+](=O)[O-]. The van der Waals surface area contributed by atoms with Crippen LogP contribution < -0.4 is 0 Å². The first kappa shape index (κ1) is 11.6. The molecular formula is C6H14NO4P. The maximum atomic E-state index is 9.88. The zero-order valence-electron chi connectivity index (χ0n) is 7.62. The summed E-state index contributed by atoms with van der Waals surface area (Å²) in [5.74, 6) is 0. The van der Waals surface area contributed by atoms with E-state index < -0.39 is 15.8 Å². The van der Waals surface area contributed by atoms with E-state index >= 15 is 0 Å². The quantitative estimate of drug-likeness (QED) is 0.417. The van der Waals surface area contributed by atoms with Crippen molar-refractivity contribution in [2.75, 3.05) is 0 Å². The topological polar surface area (TPSA) is 72.6 Å². The monoisotopic (exact) mass is 195 g/mol. The molecule has 72 valence electrons. The van der Waals surface area contributed by atoms with Gasteiger partial charge in [0, 0.05) is 5.16 Å². The van der Waals surface area contributed by atoms with Crippen LogP contribution in [-0.4, -0.2) is 21.0 Å². The molecule has 6 heteroatoms. The lowest BCUT2D eigenvalue weighted by atomic mass is 9.94. The van der Waals surface area contributed by atoms with E-state index in [1.165, 1.54) is 0 Å². The van der Waals surface area contributed by atoms with E-state index in [0.29, 0.717) is 0 Å². The van der Waals surface area contributed by atoms with E-state index in [9.17, 15) is 15.2 Å². The predicted molar refractivity (Wildman–Crippen MR) is 46.8 cm³/mol. The first-order chi connectivity index (χ1) is 5.17. The molecule has 0 heterocycles. The highest BCUT2D eigenvalue weighted by Crippen LogP contribution is 2.40. The van der Waals surface area contributed by atoms with Gasteiger partial charge in [-0.1, -0.05) is 13.8 Å². The van der Waals surface area contributed by atoms with Crippen LogP contribution in [0.4, 0.5) is 0 Å². The summed E-state index contributed by atoms with van der Waals surface area (Å²) < 4.78 is 4.22. The predicted octanol–water partition coefficient (Wildman–Crippen LogP) is 1.34. The number of hydrogen-bond donors (Lipinski definition) is 1. The Hall–Kier alpha value is -0.410. The van der Waals surface area contributed by atoms with Crippen LogP contribution in [0.1, 0.15) is 27.7 Å². The summed E-state index contributed by atoms with van der Waals surface area (Å²) >= 11 is 0. The molecule has 0 spiro atoms. The van der Waals surface area contributed by atoms with Gasteiger partial charge in [0.1, 0.15) is 0 Å². The molecule has 1 atom stereocenters. The van der Waals surface area contributed by atoms with Gasteiger partial charge < -0.3 is 5.11 Å². The lowest BCUT2D eigenvalue weighted by Gasteiger charge is -2.35. The Morgan fingerprint density at radius 3 is 2.08 bits per heavy atom. The third kappa shape index (κ3) is 3.32. The van der Waals surface area contributed by atoms with Gasteiger partial charge in [-0.05, 0) is 13.8 Å². The number of nitrogens with zero attached hydrogens (tertiary/aromatic N) is 1. The minimum atomic E-state index is -0.985. The van der Waals surface area contributed by atoms with Crippen LogP contribution in [0, 0.1) is 10.1 Å². The van der Waals surface area contributed by atoms with E-state index in [2.05, 4.69) is 4.62 Å². The lowest BCUT2D eigenvalue weighted by molar-refractivity contribution is -0.710. The molecule has 0 saturated heterocycles. The molecule has 0 amide bonds. The van der Waals surface area contributed by atoms with Crippen LogP contribution in [0.5, 0.6) is 0 Å². The molecule has 0 radical (unpaired) electrons. The average molecular weight is 195 g/mol. The van der Waals surface area contributed by atoms with E-state index in [1.54, 1.807) is 27.7 Å². The van der Waals surface area contributed by atoms with Crippen LogP contribution in [0.2, 0.25) is 0 Å². The average Bonchev–Trinajstić information content (AvgIpc) is 1.81. The molecule has 5 nitrogen and oxygen atoms in total. The largest absolute Gasteiger partial charge is 0.389 e. The van der Waals surface area contributed by atoms with Gasteiger partial charge in [-0.25, -0.2) is 0 Å². The Labute approximate surface area is 73.1 Å². The van der Waals surface area contributed by atoms with Crippen molar-refractivity contribution in [2.24, 2.45) is 0 Å². The second kappa shape index (κ2) is 3.54. The fraction of sp³-hybridized carbons (Fsp3) is 1.00. The maximum absolute atomic E-state index is 9.88. The van der Waals surface area contributed by atoms with Crippen LogP contribution in [-0.2, 0) is 4.62 Å². The Bertz CT molecular complexity index is 175. The van der Waals surface area contributed by atoms with Crippen molar-refractivity contribution < 1.29 is 14.8 Å². The molecule has 1 unspecified atom stereocenters. The van der Waals surface area contributed by atoms with Crippen molar-refractivity contribution in [3.63, 3.8) is 0 Å². The molecule has 0 saturated carbocycles. The van der Waals surface area contributed by atoms with Crippen molar-refractivity contribution >= 4 is 8.81 Å². The maximum Gasteiger partial charge on any atom is 0.297 e. The second-order valence-electron chi connectivity index (χ2n) is 3.60. The van der Waals surface area contributed by atoms with Gasteiger partial charge in [-0.15, -0.1) is 10.1 Å². The summed E-state index contributed by atoms with van der Waals surface area (Å²) in [5, 5.41) is 18.0. The van der Waals surface area contributed by atoms with E-state index in [1.807, 2.05) is 0 Å². The van der Waals surface area contributed by atoms with Crippen molar-refractivity contribution in [1.82, 2.24) is 0 Å². The molecule has 0 aliphatic rings. The standard InChI is InChI=1S/C6H14NO4P/c1-5(2,8)6(3,4)12-11-7(9)10/h8,12H,1-4H3. The first-order valence-corrected chi connectivity index (χ1v) is 4.38. The van der Waals surface area contributed by atoms with Crippen LogP contribution >= 0.6 is 8.81 Å². The van der Waals surface area contributed by atoms with Gasteiger partial charge in [0.05, 0.1) is 14.4 Å². The molecule has 0 aromatic carbocycles. The third-order valence-electron chi connectivity index (χ3n) is 1.90. The third-order valence-corrected chi connectivity index (χ3v) is 3.27. The highest BCUT2D eigenvalue weighted by molar-refractivity contribution is 7.34. The van der Waals surface area contributed by atoms with Crippen LogP contribution in [0.15, 0.2) is 0 Å². The van der Waals surface area contributed by atoms with Gasteiger partial charge in [0.25, 0.3) is 5.09 Å². The summed E-state index contributed by atoms with van der Waals surface area (Å²) in [6.07, 6.45) is 0. The molecular weight excluding hydrogens is 181 g/mol. The highest BCUT2D eigenvalue weighted by Gasteiger charge is 2.36. The smallest absolute Gasteiger partial charge is 0.297 e. The normalized spacial score (nSPS) is 13.8. The fourth-order valence-corrected chi connectivity index (χ4v) is 0.829. The van der Waals surface area contributed by atoms with Gasteiger partial charge in [-0.3, -0.25) is 4.62 Å². The summed E-state index contributed by atoms with van der Waals surface area (Å²) in [5.41, 5.74) is -0.985. The van der Waals surface area contributed by atoms with Gasteiger partial charge in [0.15, 0.2) is 0 Å². The highest BCUT2D eigenvalue weighted by atomic mass is 31.1. The first-order valence-electron chi connectivity index (χ1n) is 3.48. The Morgan fingerprint density at radius 1 is 1.42 bits per heavy atom. The van der Waals surface area contributed by atoms with Crippen molar-refractivity contribution in [3.8, 4) is 0 Å². The lowest BCUT2D eigenvalue weighted by Crippen LogP contribution is -2.41. The van der Waals surface area contributed by atoms with Gasteiger partial charge in [-0.2, -0.15) is 0 Å². The Morgan fingerprint density at radius 2 is 1.83 bits per heavy atom. The van der Waals surface area contributed by atoms with Gasteiger partial charge >= 0.3 is 0 Å². The summed E-state index contributed by atoms with van der Waals surface area (Å²) in [6.45, 7) is 6.64. The zero-order chi connectivity index (χ0) is 9.99. The molecule has 0 aliphatic heterocycles. The minimum Gasteiger partial charge on any atom is -0.389 e. The Balaban J connectivity index is 4.14. The van der Waals surface area contributed by atoms with E-state index in [-0.39, 0.29) is 8.81 Å². The van der Waals surface area contributed by atoms with Crippen LogP contribution in [0.25, 0.3) is 0 Å². The number of aliphatic hydroxyl groups is 1. The second-order valence-corrected chi connectivity index (χ2v) is 5.24. The fourth-order valence-electron chi connectivity index (χ4n) is 0.276. The zero-order valence-corrected chi connectivity index (χ0v) is 8.62. The number of rotatable bonds is 4. The van der Waals surface area contributed by atoms with E-state index in [4.69, 9.17) is 0 Å². The molecule has 0 fully saturated rings. The van der Waals surface area contributed by atoms with Crippen molar-refractivity contribution in [3.05, 3.63) is 10.1 Å². The molecule has 12 heavy (non-hydrogen) atoms. The Kier molecular flexibility index (Phi) is 3.42. The molecule has 0 aliphatic carbocycles. The summed E-state index contributed by atoms with van der Waals surface area (Å²) in [7, 11) is -0.358. The molecule has 0 aromatic heterocycles. The number of hydrogen-bond acceptors (Lipinski definition) is 4. The van der Waals surface area contributed by atoms with E-state index in [0.717, 1.165) is 0 Å². The van der Waals surface area contributed by atoms with Crippen molar-refractivity contribution in [1.29, 1.82) is 0 Å². The summed E-state index contributed by atoms with van der Waals surface area (Å²) in [4.78, 5) is 9.88. The summed E-state index contributed by atoms with van der Waals surface area (Å²) in [6, 6.07) is 0. The van der Waals surface area contributed by atoms with Crippen LogP contribution in [0.3, 0.4) is 0 Å². The molecule has 0 aromatic rings. The minimum absolute atomic E-state index is 0.358. The van der Waals surface area contributed by atoms with Gasteiger partial charge in [0.2, 0.25) is 0 Å². The molecule has 0 bridgehead atoms.